The second-order valence-electron chi connectivity index (χ2n) is 4.42. The van der Waals surface area contributed by atoms with E-state index < -0.39 is 0 Å². The van der Waals surface area contributed by atoms with Crippen LogP contribution in [0.15, 0.2) is 4.99 Å². The maximum Gasteiger partial charge on any atom is 0.0963 e. The molecular weight excluding hydrogens is 176 g/mol. The minimum atomic E-state index is -0.0771. The zero-order valence-electron chi connectivity index (χ0n) is 8.71. The third kappa shape index (κ3) is 2.47. The van der Waals surface area contributed by atoms with Gasteiger partial charge < -0.3 is 10.4 Å². The van der Waals surface area contributed by atoms with Crippen LogP contribution in [0.25, 0.3) is 0 Å². The number of nitrogens with zero attached hydrogens (tertiary/aromatic N) is 1. The quantitative estimate of drug-likeness (QED) is 0.699. The Kier molecular flexibility index (Phi) is 3.40. The van der Waals surface area contributed by atoms with Gasteiger partial charge >= 0.3 is 0 Å². The monoisotopic (exact) mass is 196 g/mol. The molecule has 2 unspecified atom stereocenters. The van der Waals surface area contributed by atoms with E-state index in [0.717, 1.165) is 31.8 Å². The van der Waals surface area contributed by atoms with Crippen LogP contribution >= 0.6 is 0 Å². The first-order chi connectivity index (χ1) is 6.86. The Bertz CT molecular complexity index is 215. The van der Waals surface area contributed by atoms with Crippen molar-refractivity contribution in [3.05, 3.63) is 0 Å². The largest absolute Gasteiger partial charge is 0.393 e. The molecule has 2 rings (SSSR count). The fraction of sp³-hybridized carbons (Fsp3) is 0.909. The average Bonchev–Trinajstić information content (AvgIpc) is 2.63. The second kappa shape index (κ2) is 4.78. The average molecular weight is 196 g/mol. The van der Waals surface area contributed by atoms with Crippen LogP contribution in [-0.4, -0.2) is 30.1 Å². The number of hydrogen-bond donors (Lipinski definition) is 2. The highest BCUT2D eigenvalue weighted by Crippen LogP contribution is 2.24. The number of nitrogens with one attached hydrogen (secondary N) is 1. The van der Waals surface area contributed by atoms with Crippen molar-refractivity contribution >= 4 is 5.84 Å². The molecule has 1 saturated carbocycles. The summed E-state index contributed by atoms with van der Waals surface area (Å²) in [6.07, 6.45) is 6.85. The standard InChI is InChI=1S/C11H20N2O/c14-10-5-3-4-9(10)8-13-11-6-1-2-7-12-11/h9-10,14H,1-8H2,(H,12,13). The van der Waals surface area contributed by atoms with Gasteiger partial charge in [-0.05, 0) is 25.7 Å². The Balaban J connectivity index is 1.73. The van der Waals surface area contributed by atoms with Crippen LogP contribution in [-0.2, 0) is 0 Å². The van der Waals surface area contributed by atoms with Crippen LogP contribution in [0.5, 0.6) is 0 Å². The van der Waals surface area contributed by atoms with Gasteiger partial charge in [0.2, 0.25) is 0 Å². The van der Waals surface area contributed by atoms with Crippen molar-refractivity contribution in [1.29, 1.82) is 0 Å². The summed E-state index contributed by atoms with van der Waals surface area (Å²) in [5, 5.41) is 13.0. The van der Waals surface area contributed by atoms with E-state index >= 15 is 0 Å². The number of aliphatic imine (C=N–C) groups is 1. The summed E-state index contributed by atoms with van der Waals surface area (Å²) < 4.78 is 0. The van der Waals surface area contributed by atoms with E-state index in [1.807, 2.05) is 0 Å². The van der Waals surface area contributed by atoms with Gasteiger partial charge in [0.05, 0.1) is 11.9 Å². The molecular formula is C11H20N2O. The molecule has 14 heavy (non-hydrogen) atoms. The Morgan fingerprint density at radius 1 is 1.29 bits per heavy atom. The van der Waals surface area contributed by atoms with Crippen molar-refractivity contribution in [3.63, 3.8) is 0 Å². The van der Waals surface area contributed by atoms with Crippen LogP contribution in [0, 0.1) is 5.92 Å². The van der Waals surface area contributed by atoms with E-state index in [2.05, 4.69) is 10.3 Å². The zero-order chi connectivity index (χ0) is 9.80. The lowest BCUT2D eigenvalue weighted by Gasteiger charge is -2.18. The van der Waals surface area contributed by atoms with Crippen molar-refractivity contribution in [2.24, 2.45) is 10.9 Å². The summed E-state index contributed by atoms with van der Waals surface area (Å²) in [5.74, 6) is 1.62. The summed E-state index contributed by atoms with van der Waals surface area (Å²) in [7, 11) is 0. The lowest BCUT2D eigenvalue weighted by molar-refractivity contribution is 0.134. The van der Waals surface area contributed by atoms with Gasteiger partial charge in [0, 0.05) is 25.4 Å². The van der Waals surface area contributed by atoms with Gasteiger partial charge in [-0.1, -0.05) is 6.42 Å². The molecule has 0 aromatic carbocycles. The highest BCUT2D eigenvalue weighted by molar-refractivity contribution is 5.82. The maximum absolute atomic E-state index is 9.64. The Morgan fingerprint density at radius 2 is 2.21 bits per heavy atom. The first-order valence-corrected chi connectivity index (χ1v) is 5.81. The molecule has 1 aliphatic carbocycles. The Hall–Kier alpha value is -0.570. The topological polar surface area (TPSA) is 44.6 Å². The number of aliphatic hydroxyl groups is 1. The van der Waals surface area contributed by atoms with E-state index in [4.69, 9.17) is 0 Å². The lowest BCUT2D eigenvalue weighted by atomic mass is 10.1. The van der Waals surface area contributed by atoms with Crippen LogP contribution in [0.3, 0.4) is 0 Å². The number of aliphatic hydroxyl groups excluding tert-OH is 1. The molecule has 2 aliphatic rings. The van der Waals surface area contributed by atoms with Crippen molar-refractivity contribution in [2.75, 3.05) is 13.1 Å². The summed E-state index contributed by atoms with van der Waals surface area (Å²) in [6.45, 7) is 1.90. The molecule has 3 heteroatoms. The summed E-state index contributed by atoms with van der Waals surface area (Å²) >= 11 is 0. The molecule has 3 nitrogen and oxygen atoms in total. The smallest absolute Gasteiger partial charge is 0.0963 e. The Labute approximate surface area is 85.6 Å². The third-order valence-corrected chi connectivity index (χ3v) is 3.31. The predicted octanol–water partition coefficient (Wildman–Crippen LogP) is 1.32. The molecule has 1 fully saturated rings. The molecule has 1 heterocycles. The number of rotatable bonds is 2. The van der Waals surface area contributed by atoms with E-state index in [9.17, 15) is 5.11 Å². The van der Waals surface area contributed by atoms with Crippen molar-refractivity contribution < 1.29 is 5.11 Å². The van der Waals surface area contributed by atoms with Crippen LogP contribution in [0.4, 0.5) is 0 Å². The van der Waals surface area contributed by atoms with Gasteiger partial charge in [-0.3, -0.25) is 4.99 Å². The van der Waals surface area contributed by atoms with Crippen molar-refractivity contribution in [2.45, 2.75) is 44.6 Å². The van der Waals surface area contributed by atoms with Gasteiger partial charge in [0.1, 0.15) is 0 Å². The lowest BCUT2D eigenvalue weighted by Crippen LogP contribution is -2.33. The summed E-state index contributed by atoms with van der Waals surface area (Å²) in [4.78, 5) is 4.44. The third-order valence-electron chi connectivity index (χ3n) is 3.31. The van der Waals surface area contributed by atoms with E-state index in [-0.39, 0.29) is 6.10 Å². The van der Waals surface area contributed by atoms with Crippen molar-refractivity contribution in [1.82, 2.24) is 5.32 Å². The molecule has 0 spiro atoms. The van der Waals surface area contributed by atoms with Gasteiger partial charge in [-0.25, -0.2) is 0 Å². The first kappa shape index (κ1) is 9.97. The Morgan fingerprint density at radius 3 is 2.86 bits per heavy atom. The van der Waals surface area contributed by atoms with E-state index in [1.165, 1.54) is 25.7 Å². The first-order valence-electron chi connectivity index (χ1n) is 5.81. The van der Waals surface area contributed by atoms with Gasteiger partial charge in [-0.2, -0.15) is 0 Å². The summed E-state index contributed by atoms with van der Waals surface area (Å²) in [5.41, 5.74) is 0. The molecule has 80 valence electrons. The summed E-state index contributed by atoms with van der Waals surface area (Å²) in [6, 6.07) is 0. The van der Waals surface area contributed by atoms with E-state index in [1.54, 1.807) is 0 Å². The molecule has 1 aliphatic heterocycles. The molecule has 0 bridgehead atoms. The fourth-order valence-electron chi connectivity index (χ4n) is 2.35. The van der Waals surface area contributed by atoms with E-state index in [0.29, 0.717) is 5.92 Å². The fourth-order valence-corrected chi connectivity index (χ4v) is 2.35. The number of hydrogen-bond acceptors (Lipinski definition) is 3. The molecule has 0 radical (unpaired) electrons. The normalized spacial score (nSPS) is 32.8. The second-order valence-corrected chi connectivity index (χ2v) is 4.42. The van der Waals surface area contributed by atoms with Crippen molar-refractivity contribution in [3.8, 4) is 0 Å². The van der Waals surface area contributed by atoms with Gasteiger partial charge in [-0.15, -0.1) is 0 Å². The predicted molar refractivity (Wildman–Crippen MR) is 57.5 cm³/mol. The minimum absolute atomic E-state index is 0.0771. The highest BCUT2D eigenvalue weighted by Gasteiger charge is 2.24. The van der Waals surface area contributed by atoms with Crippen LogP contribution in [0.2, 0.25) is 0 Å². The molecule has 2 N–H and O–H groups in total. The van der Waals surface area contributed by atoms with Gasteiger partial charge in [0.15, 0.2) is 0 Å². The van der Waals surface area contributed by atoms with Gasteiger partial charge in [0.25, 0.3) is 0 Å². The molecule has 0 aromatic heterocycles. The SMILES string of the molecule is OC1CCCC1CNC1=NCCCC1. The molecule has 0 aromatic rings. The molecule has 0 saturated heterocycles. The number of amidine groups is 1. The van der Waals surface area contributed by atoms with Crippen LogP contribution < -0.4 is 5.32 Å². The minimum Gasteiger partial charge on any atom is -0.393 e. The highest BCUT2D eigenvalue weighted by atomic mass is 16.3. The maximum atomic E-state index is 9.64. The molecule has 0 amide bonds. The zero-order valence-corrected chi connectivity index (χ0v) is 8.71. The van der Waals surface area contributed by atoms with Crippen LogP contribution in [0.1, 0.15) is 38.5 Å². The molecule has 2 atom stereocenters.